The summed E-state index contributed by atoms with van der Waals surface area (Å²) >= 11 is 0. The summed E-state index contributed by atoms with van der Waals surface area (Å²) in [5.74, 6) is 15.4. The minimum Gasteiger partial charge on any atom is -0.0683 e. The number of fused-ring (bicyclic) bond motifs is 10. The normalized spacial score (nSPS) is 39.3. The van der Waals surface area contributed by atoms with Crippen LogP contribution in [0, 0.1) is 93.7 Å². The topological polar surface area (TPSA) is 0 Å². The predicted molar refractivity (Wildman–Crippen MR) is 262 cm³/mol. The van der Waals surface area contributed by atoms with Gasteiger partial charge >= 0.3 is 0 Å². The third-order valence-corrected chi connectivity index (χ3v) is 17.1. The summed E-state index contributed by atoms with van der Waals surface area (Å²) in [6.45, 7) is 47.3. The van der Waals surface area contributed by atoms with Crippen LogP contribution in [0.4, 0.5) is 0 Å². The van der Waals surface area contributed by atoms with Gasteiger partial charge in [0.05, 0.1) is 0 Å². The van der Waals surface area contributed by atoms with Gasteiger partial charge < -0.3 is 0 Å². The van der Waals surface area contributed by atoms with Crippen LogP contribution in [0.15, 0.2) is 0 Å². The van der Waals surface area contributed by atoms with Crippen LogP contribution in [-0.4, -0.2) is 0 Å². The molecule has 8 aliphatic rings. The maximum atomic E-state index is 2.59. The first-order valence-electron chi connectivity index (χ1n) is 27.2. The molecule has 0 aromatic carbocycles. The molecule has 0 bridgehead atoms. The average molecular weight is 790 g/mol. The molecule has 0 saturated heterocycles. The van der Waals surface area contributed by atoms with Crippen molar-refractivity contribution < 1.29 is 0 Å². The zero-order chi connectivity index (χ0) is 43.8. The fraction of sp³-hybridized carbons (Fsp3) is 1.00. The van der Waals surface area contributed by atoms with Crippen LogP contribution in [0.2, 0.25) is 0 Å². The van der Waals surface area contributed by atoms with E-state index in [1.54, 1.807) is 89.9 Å². The average Bonchev–Trinajstić information content (AvgIpc) is 3.78. The largest absolute Gasteiger partial charge is 0.0683 e. The molecule has 56 heavy (non-hydrogen) atoms. The van der Waals surface area contributed by atoms with Crippen LogP contribution in [-0.2, 0) is 0 Å². The minimum absolute atomic E-state index is 0.612. The van der Waals surface area contributed by atoms with E-state index >= 15 is 0 Å². The van der Waals surface area contributed by atoms with Gasteiger partial charge in [-0.3, -0.25) is 0 Å². The smallest absolute Gasteiger partial charge is 0.0323 e. The monoisotopic (exact) mass is 789 g/mol. The standard InChI is InChI=1S/2C20H34.8C2H6/c1-13-15-10-11-17-16-7-5-4-6-14(16)8-9-18(17)19(15)12-20(13,2)3;1-13-18-12-19-15-7-5-4-6-14(15)8-9-16(19)17(18)10-11-20(13,2)3;8*1-2/h2*13-19H,4-12H2,1-3H3;8*1-2H3/t2*13-,14?,15?,16?,17?,18?,19?;;;;;;;;/m11......../s1. The third kappa shape index (κ3) is 14.0. The van der Waals surface area contributed by atoms with E-state index < -0.39 is 0 Å². The van der Waals surface area contributed by atoms with Crippen molar-refractivity contribution in [3.8, 4) is 0 Å². The highest BCUT2D eigenvalue weighted by Gasteiger charge is 2.56. The molecular weight excluding hydrogens is 673 g/mol. The Labute approximate surface area is 360 Å². The van der Waals surface area contributed by atoms with Crippen molar-refractivity contribution in [2.24, 2.45) is 93.7 Å². The molecule has 0 amide bonds. The summed E-state index contributed by atoms with van der Waals surface area (Å²) in [6.07, 6.45) is 28.2. The molecule has 8 rings (SSSR count). The van der Waals surface area contributed by atoms with Crippen molar-refractivity contribution in [1.82, 2.24) is 0 Å². The van der Waals surface area contributed by atoms with Crippen LogP contribution >= 0.6 is 0 Å². The molecule has 0 radical (unpaired) electrons. The highest BCUT2D eigenvalue weighted by molar-refractivity contribution is 5.05. The third-order valence-electron chi connectivity index (χ3n) is 17.1. The Bertz CT molecular complexity index is 880. The first-order chi connectivity index (χ1) is 27.2. The van der Waals surface area contributed by atoms with Crippen molar-refractivity contribution in [2.45, 2.75) is 268 Å². The second-order valence-electron chi connectivity index (χ2n) is 19.0. The number of rotatable bonds is 0. The Morgan fingerprint density at radius 2 is 0.625 bits per heavy atom. The molecule has 0 aromatic heterocycles. The quantitative estimate of drug-likeness (QED) is 0.229. The lowest BCUT2D eigenvalue weighted by molar-refractivity contribution is -0.0234. The van der Waals surface area contributed by atoms with Gasteiger partial charge in [0.15, 0.2) is 0 Å². The first-order valence-corrected chi connectivity index (χ1v) is 27.2. The summed E-state index contributed by atoms with van der Waals surface area (Å²) in [6, 6.07) is 0. The Balaban J connectivity index is 0. The second kappa shape index (κ2) is 30.9. The Morgan fingerprint density at radius 1 is 0.286 bits per heavy atom. The molecule has 8 aliphatic carbocycles. The molecule has 8 saturated carbocycles. The molecule has 0 spiro atoms. The summed E-state index contributed by atoms with van der Waals surface area (Å²) in [4.78, 5) is 0. The van der Waals surface area contributed by atoms with E-state index in [0.29, 0.717) is 10.8 Å². The lowest BCUT2D eigenvalue weighted by atomic mass is 9.53. The maximum Gasteiger partial charge on any atom is -0.0323 e. The van der Waals surface area contributed by atoms with E-state index in [4.69, 9.17) is 0 Å². The lowest BCUT2D eigenvalue weighted by Gasteiger charge is -2.52. The van der Waals surface area contributed by atoms with Crippen molar-refractivity contribution in [3.63, 3.8) is 0 Å². The van der Waals surface area contributed by atoms with Crippen molar-refractivity contribution in [2.75, 3.05) is 0 Å². The van der Waals surface area contributed by atoms with Gasteiger partial charge in [0.25, 0.3) is 0 Å². The van der Waals surface area contributed by atoms with E-state index in [0.717, 1.165) is 82.9 Å². The van der Waals surface area contributed by atoms with Crippen LogP contribution in [0.1, 0.15) is 268 Å². The van der Waals surface area contributed by atoms with Gasteiger partial charge in [0.1, 0.15) is 0 Å². The fourth-order valence-electron chi connectivity index (χ4n) is 14.4. The van der Waals surface area contributed by atoms with Crippen LogP contribution < -0.4 is 0 Å². The second-order valence-corrected chi connectivity index (χ2v) is 19.0. The van der Waals surface area contributed by atoms with Gasteiger partial charge in [-0.15, -0.1) is 0 Å². The van der Waals surface area contributed by atoms with Gasteiger partial charge in [-0.1, -0.05) is 191 Å². The first kappa shape index (κ1) is 58.1. The molecule has 0 N–H and O–H groups in total. The summed E-state index contributed by atoms with van der Waals surface area (Å²) in [5.41, 5.74) is 1.23. The van der Waals surface area contributed by atoms with Gasteiger partial charge in [0, 0.05) is 0 Å². The molecule has 340 valence electrons. The zero-order valence-corrected chi connectivity index (χ0v) is 43.8. The maximum absolute atomic E-state index is 2.59. The van der Waals surface area contributed by atoms with E-state index in [-0.39, 0.29) is 0 Å². The van der Waals surface area contributed by atoms with Crippen molar-refractivity contribution in [1.29, 1.82) is 0 Å². The number of hydrogen-bond donors (Lipinski definition) is 0. The lowest BCUT2D eigenvalue weighted by Crippen LogP contribution is -2.43. The molecule has 0 heterocycles. The molecule has 0 aliphatic heterocycles. The molecule has 8 fully saturated rings. The highest BCUT2D eigenvalue weighted by Crippen LogP contribution is 2.64. The summed E-state index contributed by atoms with van der Waals surface area (Å²) in [5, 5.41) is 0. The Hall–Kier alpha value is 0. The van der Waals surface area contributed by atoms with Gasteiger partial charge in [-0.2, -0.15) is 0 Å². The molecule has 0 heteroatoms. The van der Waals surface area contributed by atoms with Crippen molar-refractivity contribution >= 4 is 0 Å². The fourth-order valence-corrected chi connectivity index (χ4v) is 14.4. The molecule has 14 atom stereocenters. The van der Waals surface area contributed by atoms with E-state index in [9.17, 15) is 0 Å². The zero-order valence-electron chi connectivity index (χ0n) is 43.8. The van der Waals surface area contributed by atoms with Gasteiger partial charge in [-0.25, -0.2) is 0 Å². The van der Waals surface area contributed by atoms with Crippen LogP contribution in [0.5, 0.6) is 0 Å². The highest BCUT2D eigenvalue weighted by atomic mass is 14.6. The predicted octanol–water partition coefficient (Wildman–Crippen LogP) is 20.0. The van der Waals surface area contributed by atoms with E-state index in [2.05, 4.69) is 41.5 Å². The molecule has 0 nitrogen and oxygen atoms in total. The van der Waals surface area contributed by atoms with Gasteiger partial charge in [0.2, 0.25) is 0 Å². The number of hydrogen-bond acceptors (Lipinski definition) is 0. The Morgan fingerprint density at radius 3 is 1.11 bits per heavy atom. The molecular formula is C56H116. The summed E-state index contributed by atoms with van der Waals surface area (Å²) in [7, 11) is 0. The van der Waals surface area contributed by atoms with E-state index in [1.165, 1.54) is 25.7 Å². The van der Waals surface area contributed by atoms with Crippen molar-refractivity contribution in [3.05, 3.63) is 0 Å². The van der Waals surface area contributed by atoms with Gasteiger partial charge in [-0.05, 0) is 171 Å². The van der Waals surface area contributed by atoms with Crippen LogP contribution in [0.25, 0.3) is 0 Å². The Kier molecular flexibility index (Phi) is 32.1. The SMILES string of the molecule is CC.CC.CC.CC.CC.CC.CC.CC.C[C@@H]1C2CC3C4CCCCC4CCC3C2CCC1(C)C.C[C@@H]1C2CCC3C4CCCCC4CCC3C2CC1(C)C. The van der Waals surface area contributed by atoms with Crippen LogP contribution in [0.3, 0.4) is 0 Å². The molecule has 12 unspecified atom stereocenters. The summed E-state index contributed by atoms with van der Waals surface area (Å²) < 4.78 is 0. The molecule has 0 aromatic rings. The van der Waals surface area contributed by atoms with E-state index in [1.807, 2.05) is 111 Å². The minimum atomic E-state index is 0.612.